The van der Waals surface area contributed by atoms with E-state index in [-0.39, 0.29) is 29.3 Å². The molecule has 0 bridgehead atoms. The number of piperidine rings is 1. The number of rotatable bonds is 8. The van der Waals surface area contributed by atoms with Crippen LogP contribution in [0.25, 0.3) is 0 Å². The van der Waals surface area contributed by atoms with Crippen molar-refractivity contribution in [3.05, 3.63) is 106 Å². The molecule has 216 valence electrons. The van der Waals surface area contributed by atoms with Crippen LogP contribution in [-0.4, -0.2) is 60.2 Å². The molecule has 5 nitrogen and oxygen atoms in total. The van der Waals surface area contributed by atoms with Crippen LogP contribution in [0.4, 0.5) is 0 Å². The van der Waals surface area contributed by atoms with Gasteiger partial charge in [0.1, 0.15) is 0 Å². The molecule has 1 saturated carbocycles. The van der Waals surface area contributed by atoms with Crippen LogP contribution in [0.2, 0.25) is 10.0 Å². The summed E-state index contributed by atoms with van der Waals surface area (Å²) in [6.07, 6.45) is 2.46. The molecule has 2 fully saturated rings. The van der Waals surface area contributed by atoms with E-state index >= 15 is 0 Å². The Morgan fingerprint density at radius 2 is 1.51 bits per heavy atom. The van der Waals surface area contributed by atoms with Gasteiger partial charge in [-0.25, -0.2) is 0 Å². The SMILES string of the molecule is CC(=O)N(C)C1(c2ccccc2)CCN(CC2CC2(C(=O)N(C)[C@@H](C)c2ccccc2)c2ccc(Cl)c(Cl)c2)CC1. The Balaban J connectivity index is 1.37. The standard InChI is InChI=1S/C34H39Cl2N3O2/c1-24(26-11-7-5-8-12-26)37(3)32(41)34(28-15-16-30(35)31(36)21-28)22-29(34)23-39-19-17-33(18-20-39,38(4)25(2)40)27-13-9-6-10-14-27/h5-16,21,24,29H,17-20,22-23H2,1-4H3/t24-,29?,34?/m0/s1. The fourth-order valence-electron chi connectivity index (χ4n) is 6.79. The van der Waals surface area contributed by atoms with Gasteiger partial charge in [0.2, 0.25) is 11.8 Å². The number of halogens is 2. The quantitative estimate of drug-likeness (QED) is 0.285. The number of amides is 2. The third-order valence-corrected chi connectivity index (χ3v) is 10.4. The molecule has 41 heavy (non-hydrogen) atoms. The molecule has 2 unspecified atom stereocenters. The molecule has 1 aliphatic carbocycles. The van der Waals surface area contributed by atoms with Gasteiger partial charge in [0, 0.05) is 40.7 Å². The normalized spacial score (nSPS) is 22.5. The first-order chi connectivity index (χ1) is 19.6. The zero-order valence-corrected chi connectivity index (χ0v) is 25.8. The first-order valence-corrected chi connectivity index (χ1v) is 15.2. The predicted molar refractivity (Wildman–Crippen MR) is 166 cm³/mol. The van der Waals surface area contributed by atoms with E-state index in [9.17, 15) is 9.59 Å². The minimum Gasteiger partial charge on any atom is -0.338 e. The summed E-state index contributed by atoms with van der Waals surface area (Å²) < 4.78 is 0. The van der Waals surface area contributed by atoms with Crippen molar-refractivity contribution in [3.63, 3.8) is 0 Å². The maximum absolute atomic E-state index is 14.3. The monoisotopic (exact) mass is 591 g/mol. The van der Waals surface area contributed by atoms with E-state index in [1.165, 1.54) is 5.56 Å². The lowest BCUT2D eigenvalue weighted by atomic mass is 9.79. The van der Waals surface area contributed by atoms with Gasteiger partial charge in [-0.3, -0.25) is 9.59 Å². The summed E-state index contributed by atoms with van der Waals surface area (Å²) in [5, 5.41) is 0.961. The third-order valence-electron chi connectivity index (χ3n) is 9.69. The van der Waals surface area contributed by atoms with Crippen molar-refractivity contribution in [1.82, 2.24) is 14.7 Å². The Labute approximate surface area is 254 Å². The maximum atomic E-state index is 14.3. The van der Waals surface area contributed by atoms with Gasteiger partial charge in [-0.1, -0.05) is 89.9 Å². The summed E-state index contributed by atoms with van der Waals surface area (Å²) in [5.41, 5.74) is 2.25. The number of hydrogen-bond donors (Lipinski definition) is 0. The van der Waals surface area contributed by atoms with Gasteiger partial charge < -0.3 is 14.7 Å². The predicted octanol–water partition coefficient (Wildman–Crippen LogP) is 6.94. The van der Waals surface area contributed by atoms with E-state index in [4.69, 9.17) is 23.2 Å². The molecule has 1 saturated heterocycles. The number of carbonyl (C=O) groups is 2. The van der Waals surface area contributed by atoms with Crippen molar-refractivity contribution in [3.8, 4) is 0 Å². The van der Waals surface area contributed by atoms with Crippen molar-refractivity contribution in [2.45, 2.75) is 50.1 Å². The van der Waals surface area contributed by atoms with Gasteiger partial charge in [-0.2, -0.15) is 0 Å². The molecule has 7 heteroatoms. The molecule has 3 aromatic carbocycles. The Morgan fingerprint density at radius 3 is 2.10 bits per heavy atom. The van der Waals surface area contributed by atoms with Crippen molar-refractivity contribution in [2.24, 2.45) is 5.92 Å². The zero-order valence-electron chi connectivity index (χ0n) is 24.3. The molecule has 0 radical (unpaired) electrons. The van der Waals surface area contributed by atoms with Gasteiger partial charge in [-0.05, 0) is 60.9 Å². The fourth-order valence-corrected chi connectivity index (χ4v) is 7.09. The van der Waals surface area contributed by atoms with Crippen LogP contribution in [0.15, 0.2) is 78.9 Å². The highest BCUT2D eigenvalue weighted by atomic mass is 35.5. The first kappa shape index (κ1) is 29.6. The van der Waals surface area contributed by atoms with Crippen LogP contribution >= 0.6 is 23.2 Å². The second-order valence-corrected chi connectivity index (χ2v) is 12.6. The highest BCUT2D eigenvalue weighted by molar-refractivity contribution is 6.42. The van der Waals surface area contributed by atoms with Crippen LogP contribution in [0.1, 0.15) is 55.8 Å². The Hall–Kier alpha value is -2.86. The molecule has 1 aliphatic heterocycles. The molecule has 0 aromatic heterocycles. The minimum absolute atomic E-state index is 0.0619. The van der Waals surface area contributed by atoms with E-state index < -0.39 is 5.41 Å². The molecular weight excluding hydrogens is 553 g/mol. The lowest BCUT2D eigenvalue weighted by molar-refractivity contribution is -0.137. The summed E-state index contributed by atoms with van der Waals surface area (Å²) in [4.78, 5) is 33.1. The van der Waals surface area contributed by atoms with E-state index in [2.05, 4.69) is 36.1 Å². The topological polar surface area (TPSA) is 43.9 Å². The average Bonchev–Trinajstić information content (AvgIpc) is 3.72. The van der Waals surface area contributed by atoms with E-state index in [0.717, 1.165) is 50.0 Å². The van der Waals surface area contributed by atoms with Crippen LogP contribution in [0.3, 0.4) is 0 Å². The van der Waals surface area contributed by atoms with E-state index in [1.54, 1.807) is 13.0 Å². The lowest BCUT2D eigenvalue weighted by Crippen LogP contribution is -2.53. The number of benzene rings is 3. The van der Waals surface area contributed by atoms with Crippen molar-refractivity contribution >= 4 is 35.0 Å². The summed E-state index contributed by atoms with van der Waals surface area (Å²) in [6, 6.07) is 26.1. The van der Waals surface area contributed by atoms with Crippen molar-refractivity contribution in [1.29, 1.82) is 0 Å². The van der Waals surface area contributed by atoms with Gasteiger partial charge in [0.05, 0.1) is 27.0 Å². The zero-order chi connectivity index (χ0) is 29.4. The molecule has 3 aromatic rings. The maximum Gasteiger partial charge on any atom is 0.233 e. The molecule has 0 spiro atoms. The number of hydrogen-bond acceptors (Lipinski definition) is 3. The largest absolute Gasteiger partial charge is 0.338 e. The Bertz CT molecular complexity index is 1390. The van der Waals surface area contributed by atoms with E-state index in [1.807, 2.05) is 72.4 Å². The highest BCUT2D eigenvalue weighted by Crippen LogP contribution is 2.57. The molecule has 5 rings (SSSR count). The van der Waals surface area contributed by atoms with Crippen LogP contribution in [-0.2, 0) is 20.5 Å². The number of nitrogens with zero attached hydrogens (tertiary/aromatic N) is 3. The lowest BCUT2D eigenvalue weighted by Gasteiger charge is -2.48. The minimum atomic E-state index is -0.643. The molecule has 0 N–H and O–H groups in total. The van der Waals surface area contributed by atoms with Crippen LogP contribution in [0.5, 0.6) is 0 Å². The molecule has 2 amide bonds. The fraction of sp³-hybridized carbons (Fsp3) is 0.412. The van der Waals surface area contributed by atoms with Gasteiger partial charge in [-0.15, -0.1) is 0 Å². The summed E-state index contributed by atoms with van der Waals surface area (Å²) in [7, 11) is 3.82. The van der Waals surface area contributed by atoms with Crippen LogP contribution < -0.4 is 0 Å². The molecule has 1 heterocycles. The van der Waals surface area contributed by atoms with Gasteiger partial charge in [0.15, 0.2) is 0 Å². The third kappa shape index (κ3) is 5.52. The highest BCUT2D eigenvalue weighted by Gasteiger charge is 2.62. The smallest absolute Gasteiger partial charge is 0.233 e. The Morgan fingerprint density at radius 1 is 0.902 bits per heavy atom. The Kier molecular flexibility index (Phi) is 8.52. The number of likely N-dealkylation sites (N-methyl/N-ethyl adjacent to an activating group) is 1. The molecular formula is C34H39Cl2N3O2. The molecule has 3 atom stereocenters. The summed E-state index contributed by atoms with van der Waals surface area (Å²) in [6.45, 7) is 6.24. The van der Waals surface area contributed by atoms with Crippen molar-refractivity contribution < 1.29 is 9.59 Å². The second kappa shape index (κ2) is 11.8. The average molecular weight is 593 g/mol. The number of likely N-dealkylation sites (tertiary alicyclic amines) is 1. The second-order valence-electron chi connectivity index (χ2n) is 11.8. The number of carbonyl (C=O) groups excluding carboxylic acids is 2. The summed E-state index contributed by atoms with van der Waals surface area (Å²) in [5.74, 6) is 0.348. The molecule has 2 aliphatic rings. The van der Waals surface area contributed by atoms with Gasteiger partial charge >= 0.3 is 0 Å². The summed E-state index contributed by atoms with van der Waals surface area (Å²) >= 11 is 12.8. The van der Waals surface area contributed by atoms with E-state index in [0.29, 0.717) is 10.0 Å². The van der Waals surface area contributed by atoms with Crippen molar-refractivity contribution in [2.75, 3.05) is 33.7 Å². The van der Waals surface area contributed by atoms with Crippen LogP contribution in [0, 0.1) is 5.92 Å². The first-order valence-electron chi connectivity index (χ1n) is 14.4. The van der Waals surface area contributed by atoms with Gasteiger partial charge in [0.25, 0.3) is 0 Å².